The number of para-hydroxylation sites is 2. The van der Waals surface area contributed by atoms with E-state index in [4.69, 9.17) is 0 Å². The standard InChI is InChI=1S/C32H23N/c1-3-12-23(13-4-1)27-20-11-21-30(32(27)33-25-15-5-2-6-16-25)31-22-24-14-7-8-17-26(24)28-18-9-10-19-29(28)31/h1-22,33H. The van der Waals surface area contributed by atoms with E-state index >= 15 is 0 Å². The molecule has 156 valence electrons. The molecule has 6 rings (SSSR count). The predicted octanol–water partition coefficient (Wildman–Crippen LogP) is 9.07. The molecule has 1 N–H and O–H groups in total. The molecule has 0 saturated carbocycles. The summed E-state index contributed by atoms with van der Waals surface area (Å²) in [5.41, 5.74) is 7.02. The van der Waals surface area contributed by atoms with Gasteiger partial charge in [0.25, 0.3) is 0 Å². The molecule has 33 heavy (non-hydrogen) atoms. The van der Waals surface area contributed by atoms with Crippen LogP contribution in [0.25, 0.3) is 43.8 Å². The van der Waals surface area contributed by atoms with Gasteiger partial charge in [-0.2, -0.15) is 0 Å². The van der Waals surface area contributed by atoms with Crippen molar-refractivity contribution < 1.29 is 0 Å². The second-order valence-corrected chi connectivity index (χ2v) is 8.28. The number of benzene rings is 6. The van der Waals surface area contributed by atoms with Crippen molar-refractivity contribution in [3.63, 3.8) is 0 Å². The molecule has 0 fully saturated rings. The average molecular weight is 422 g/mol. The van der Waals surface area contributed by atoms with Crippen LogP contribution in [0.2, 0.25) is 0 Å². The Morgan fingerprint density at radius 1 is 0.394 bits per heavy atom. The molecular formula is C32H23N. The Kier molecular flexibility index (Phi) is 4.86. The van der Waals surface area contributed by atoms with E-state index in [0.29, 0.717) is 0 Å². The largest absolute Gasteiger partial charge is 0.355 e. The van der Waals surface area contributed by atoms with E-state index < -0.39 is 0 Å². The molecule has 0 spiro atoms. The molecular weight excluding hydrogens is 398 g/mol. The maximum Gasteiger partial charge on any atom is 0.0543 e. The smallest absolute Gasteiger partial charge is 0.0543 e. The van der Waals surface area contributed by atoms with Crippen LogP contribution in [0.4, 0.5) is 11.4 Å². The van der Waals surface area contributed by atoms with Gasteiger partial charge in [0.05, 0.1) is 5.69 Å². The molecule has 0 aliphatic rings. The van der Waals surface area contributed by atoms with E-state index in [2.05, 4.69) is 133 Å². The molecule has 0 atom stereocenters. The molecule has 1 nitrogen and oxygen atoms in total. The Balaban J connectivity index is 1.67. The van der Waals surface area contributed by atoms with Crippen LogP contribution < -0.4 is 5.32 Å². The zero-order valence-electron chi connectivity index (χ0n) is 18.2. The summed E-state index contributed by atoms with van der Waals surface area (Å²) in [5, 5.41) is 8.83. The van der Waals surface area contributed by atoms with E-state index in [1.807, 2.05) is 6.07 Å². The van der Waals surface area contributed by atoms with Gasteiger partial charge < -0.3 is 5.32 Å². The van der Waals surface area contributed by atoms with Gasteiger partial charge in [-0.05, 0) is 50.9 Å². The summed E-state index contributed by atoms with van der Waals surface area (Å²) in [7, 11) is 0. The van der Waals surface area contributed by atoms with Crippen LogP contribution in [0.15, 0.2) is 133 Å². The highest BCUT2D eigenvalue weighted by Gasteiger charge is 2.15. The number of rotatable bonds is 4. The normalized spacial score (nSPS) is 11.0. The number of nitrogens with one attached hydrogen (secondary N) is 1. The van der Waals surface area contributed by atoms with Gasteiger partial charge in [-0.3, -0.25) is 0 Å². The fourth-order valence-electron chi connectivity index (χ4n) is 4.71. The van der Waals surface area contributed by atoms with Crippen molar-refractivity contribution in [2.24, 2.45) is 0 Å². The molecule has 0 radical (unpaired) electrons. The van der Waals surface area contributed by atoms with Gasteiger partial charge in [0.15, 0.2) is 0 Å². The van der Waals surface area contributed by atoms with E-state index in [1.54, 1.807) is 0 Å². The van der Waals surface area contributed by atoms with Gasteiger partial charge in [0.2, 0.25) is 0 Å². The van der Waals surface area contributed by atoms with Gasteiger partial charge in [0.1, 0.15) is 0 Å². The third-order valence-electron chi connectivity index (χ3n) is 6.25. The maximum absolute atomic E-state index is 3.75. The van der Waals surface area contributed by atoms with E-state index in [0.717, 1.165) is 11.4 Å². The number of hydrogen-bond acceptors (Lipinski definition) is 1. The minimum Gasteiger partial charge on any atom is -0.355 e. The van der Waals surface area contributed by atoms with E-state index in [9.17, 15) is 0 Å². The molecule has 6 aromatic rings. The van der Waals surface area contributed by atoms with Crippen molar-refractivity contribution in [1.82, 2.24) is 0 Å². The first-order valence-corrected chi connectivity index (χ1v) is 11.3. The average Bonchev–Trinajstić information content (AvgIpc) is 2.89. The third kappa shape index (κ3) is 3.54. The molecule has 0 bridgehead atoms. The van der Waals surface area contributed by atoms with Crippen LogP contribution in [0, 0.1) is 0 Å². The second kappa shape index (κ2) is 8.29. The van der Waals surface area contributed by atoms with E-state index in [-0.39, 0.29) is 0 Å². The topological polar surface area (TPSA) is 12.0 Å². The highest BCUT2D eigenvalue weighted by atomic mass is 14.9. The van der Waals surface area contributed by atoms with Crippen LogP contribution in [0.5, 0.6) is 0 Å². The Hall–Kier alpha value is -4.36. The molecule has 0 aliphatic heterocycles. The lowest BCUT2D eigenvalue weighted by atomic mass is 9.90. The van der Waals surface area contributed by atoms with Crippen molar-refractivity contribution in [2.75, 3.05) is 5.32 Å². The summed E-state index contributed by atoms with van der Waals surface area (Å²) in [6, 6.07) is 47.3. The number of hydrogen-bond donors (Lipinski definition) is 1. The van der Waals surface area contributed by atoms with Crippen LogP contribution in [0.1, 0.15) is 0 Å². The van der Waals surface area contributed by atoms with Crippen molar-refractivity contribution in [1.29, 1.82) is 0 Å². The van der Waals surface area contributed by atoms with Crippen molar-refractivity contribution in [3.8, 4) is 22.3 Å². The van der Waals surface area contributed by atoms with Crippen LogP contribution in [-0.2, 0) is 0 Å². The minimum absolute atomic E-state index is 1.08. The monoisotopic (exact) mass is 421 g/mol. The lowest BCUT2D eigenvalue weighted by molar-refractivity contribution is 1.53. The molecule has 0 unspecified atom stereocenters. The van der Waals surface area contributed by atoms with Crippen molar-refractivity contribution in [2.45, 2.75) is 0 Å². The first-order valence-electron chi connectivity index (χ1n) is 11.3. The number of fused-ring (bicyclic) bond motifs is 3. The Morgan fingerprint density at radius 3 is 1.79 bits per heavy atom. The third-order valence-corrected chi connectivity index (χ3v) is 6.25. The summed E-state index contributed by atoms with van der Waals surface area (Å²) < 4.78 is 0. The van der Waals surface area contributed by atoms with Gasteiger partial charge in [-0.1, -0.05) is 115 Å². The first kappa shape index (κ1) is 19.3. The molecule has 0 saturated heterocycles. The Bertz CT molecular complexity index is 1570. The summed E-state index contributed by atoms with van der Waals surface area (Å²) in [4.78, 5) is 0. The molecule has 6 aromatic carbocycles. The second-order valence-electron chi connectivity index (χ2n) is 8.28. The molecule has 0 heterocycles. The van der Waals surface area contributed by atoms with Gasteiger partial charge in [-0.25, -0.2) is 0 Å². The van der Waals surface area contributed by atoms with Gasteiger partial charge in [0, 0.05) is 16.8 Å². The molecule has 1 heteroatoms. The first-order chi connectivity index (χ1) is 16.4. The maximum atomic E-state index is 3.75. The Labute approximate surface area is 194 Å². The summed E-state index contributed by atoms with van der Waals surface area (Å²) in [6.07, 6.45) is 0. The molecule has 0 aliphatic carbocycles. The SMILES string of the molecule is c1ccc(Nc2c(-c3ccccc3)cccc2-c2cc3ccccc3c3ccccc23)cc1. The van der Waals surface area contributed by atoms with Crippen LogP contribution in [-0.4, -0.2) is 0 Å². The quantitative estimate of drug-likeness (QED) is 0.280. The lowest BCUT2D eigenvalue weighted by Crippen LogP contribution is -1.97. The summed E-state index contributed by atoms with van der Waals surface area (Å²) in [5.74, 6) is 0. The van der Waals surface area contributed by atoms with Crippen LogP contribution >= 0.6 is 0 Å². The van der Waals surface area contributed by atoms with E-state index in [1.165, 1.54) is 43.8 Å². The number of anilines is 2. The Morgan fingerprint density at radius 2 is 1.00 bits per heavy atom. The summed E-state index contributed by atoms with van der Waals surface area (Å²) in [6.45, 7) is 0. The fraction of sp³-hybridized carbons (Fsp3) is 0. The molecule has 0 aromatic heterocycles. The van der Waals surface area contributed by atoms with Crippen LogP contribution in [0.3, 0.4) is 0 Å². The van der Waals surface area contributed by atoms with Gasteiger partial charge in [-0.15, -0.1) is 0 Å². The van der Waals surface area contributed by atoms with Crippen molar-refractivity contribution >= 4 is 32.9 Å². The lowest BCUT2D eigenvalue weighted by Gasteiger charge is -2.19. The molecule has 0 amide bonds. The fourth-order valence-corrected chi connectivity index (χ4v) is 4.71. The highest BCUT2D eigenvalue weighted by molar-refractivity contribution is 6.15. The zero-order valence-corrected chi connectivity index (χ0v) is 18.2. The predicted molar refractivity (Wildman–Crippen MR) is 142 cm³/mol. The van der Waals surface area contributed by atoms with Gasteiger partial charge >= 0.3 is 0 Å². The highest BCUT2D eigenvalue weighted by Crippen LogP contribution is 2.43. The zero-order chi connectivity index (χ0) is 22.0. The summed E-state index contributed by atoms with van der Waals surface area (Å²) >= 11 is 0. The minimum atomic E-state index is 1.08. The van der Waals surface area contributed by atoms with Crippen molar-refractivity contribution in [3.05, 3.63) is 133 Å².